The third-order valence-electron chi connectivity index (χ3n) is 4.69. The Morgan fingerprint density at radius 1 is 1.22 bits per heavy atom. The summed E-state index contributed by atoms with van der Waals surface area (Å²) in [6.45, 7) is 2.37. The number of carbonyl (C=O) groups excluding carboxylic acids is 1. The van der Waals surface area contributed by atoms with Gasteiger partial charge in [0.1, 0.15) is 0 Å². The lowest BCUT2D eigenvalue weighted by atomic mass is 9.91. The molecule has 1 aromatic carbocycles. The molecule has 0 radical (unpaired) electrons. The van der Waals surface area contributed by atoms with Crippen LogP contribution in [0, 0.1) is 11.8 Å². The molecule has 2 unspecified atom stereocenters. The number of carbonyl (C=O) groups is 1. The van der Waals surface area contributed by atoms with E-state index in [1.54, 1.807) is 0 Å². The van der Waals surface area contributed by atoms with E-state index in [0.29, 0.717) is 18.4 Å². The second-order valence-electron chi connectivity index (χ2n) is 5.45. The van der Waals surface area contributed by atoms with E-state index in [1.807, 2.05) is 25.1 Å². The summed E-state index contributed by atoms with van der Waals surface area (Å²) in [6, 6.07) is 10.3. The molecule has 18 heavy (non-hydrogen) atoms. The molecular weight excluding hydrogens is 224 g/mol. The molecule has 0 amide bonds. The highest BCUT2D eigenvalue weighted by molar-refractivity contribution is 5.88. The van der Waals surface area contributed by atoms with Crippen molar-refractivity contribution in [3.8, 4) is 0 Å². The van der Waals surface area contributed by atoms with Crippen LogP contribution in [0.15, 0.2) is 30.3 Å². The highest BCUT2D eigenvalue weighted by Crippen LogP contribution is 2.66. The van der Waals surface area contributed by atoms with Gasteiger partial charge >= 0.3 is 5.97 Å². The van der Waals surface area contributed by atoms with Gasteiger partial charge in [0.2, 0.25) is 0 Å². The Labute approximate surface area is 108 Å². The predicted octanol–water partition coefficient (Wildman–Crippen LogP) is 3.31. The number of hydrogen-bond donors (Lipinski definition) is 0. The van der Waals surface area contributed by atoms with Gasteiger partial charge in [0.05, 0.1) is 12.0 Å². The molecule has 2 aliphatic carbocycles. The second-order valence-corrected chi connectivity index (χ2v) is 5.45. The maximum Gasteiger partial charge on any atom is 0.317 e. The van der Waals surface area contributed by atoms with Crippen LogP contribution in [0.4, 0.5) is 0 Å². The average Bonchev–Trinajstić information content (AvgIpc) is 3.10. The van der Waals surface area contributed by atoms with E-state index in [1.165, 1.54) is 31.2 Å². The van der Waals surface area contributed by atoms with Crippen molar-refractivity contribution in [2.24, 2.45) is 11.8 Å². The summed E-state index contributed by atoms with van der Waals surface area (Å²) in [5, 5.41) is 0. The number of benzene rings is 1. The van der Waals surface area contributed by atoms with Gasteiger partial charge in [-0.25, -0.2) is 0 Å². The summed E-state index contributed by atoms with van der Waals surface area (Å²) in [7, 11) is 0. The van der Waals surface area contributed by atoms with Crippen LogP contribution < -0.4 is 0 Å². The lowest BCUT2D eigenvalue weighted by Gasteiger charge is -2.17. The van der Waals surface area contributed by atoms with Gasteiger partial charge in [-0.05, 0) is 37.2 Å². The monoisotopic (exact) mass is 244 g/mol. The second kappa shape index (κ2) is 4.42. The fraction of sp³-hybridized carbons (Fsp3) is 0.562. The zero-order valence-corrected chi connectivity index (χ0v) is 10.9. The number of esters is 1. The van der Waals surface area contributed by atoms with Crippen molar-refractivity contribution in [2.45, 2.75) is 38.0 Å². The minimum atomic E-state index is -0.312. The Bertz CT molecular complexity index is 426. The van der Waals surface area contributed by atoms with E-state index in [4.69, 9.17) is 4.74 Å². The highest BCUT2D eigenvalue weighted by Gasteiger charge is 2.70. The molecule has 2 aliphatic rings. The molecule has 0 aliphatic heterocycles. The molecule has 96 valence electrons. The van der Waals surface area contributed by atoms with Crippen LogP contribution in [-0.2, 0) is 14.9 Å². The van der Waals surface area contributed by atoms with Crippen LogP contribution in [-0.4, -0.2) is 12.6 Å². The van der Waals surface area contributed by atoms with E-state index in [9.17, 15) is 4.79 Å². The Kier molecular flexibility index (Phi) is 2.89. The van der Waals surface area contributed by atoms with Gasteiger partial charge in [-0.2, -0.15) is 0 Å². The molecule has 2 fully saturated rings. The number of ether oxygens (including phenoxy) is 1. The number of hydrogen-bond acceptors (Lipinski definition) is 2. The summed E-state index contributed by atoms with van der Waals surface area (Å²) in [6.07, 6.45) is 4.88. The van der Waals surface area contributed by atoms with Gasteiger partial charge in [-0.3, -0.25) is 4.79 Å². The van der Waals surface area contributed by atoms with Crippen molar-refractivity contribution < 1.29 is 9.53 Å². The van der Waals surface area contributed by atoms with Crippen LogP contribution >= 0.6 is 0 Å². The first-order valence-electron chi connectivity index (χ1n) is 7.04. The van der Waals surface area contributed by atoms with Crippen LogP contribution in [0.25, 0.3) is 0 Å². The van der Waals surface area contributed by atoms with Crippen LogP contribution in [0.5, 0.6) is 0 Å². The lowest BCUT2D eigenvalue weighted by molar-refractivity contribution is -0.147. The third kappa shape index (κ3) is 1.51. The van der Waals surface area contributed by atoms with Crippen molar-refractivity contribution in [3.63, 3.8) is 0 Å². The maximum absolute atomic E-state index is 12.5. The Hall–Kier alpha value is -1.31. The molecule has 0 N–H and O–H groups in total. The molecule has 3 atom stereocenters. The van der Waals surface area contributed by atoms with Gasteiger partial charge in [0, 0.05) is 0 Å². The first-order chi connectivity index (χ1) is 8.81. The van der Waals surface area contributed by atoms with E-state index in [0.717, 1.165) is 0 Å². The lowest BCUT2D eigenvalue weighted by Crippen LogP contribution is -2.27. The van der Waals surface area contributed by atoms with Crippen LogP contribution in [0.1, 0.15) is 38.2 Å². The van der Waals surface area contributed by atoms with Crippen molar-refractivity contribution in [1.29, 1.82) is 0 Å². The number of fused-ring (bicyclic) bond motifs is 1. The van der Waals surface area contributed by atoms with Crippen molar-refractivity contribution in [3.05, 3.63) is 35.9 Å². The van der Waals surface area contributed by atoms with Gasteiger partial charge in [0.25, 0.3) is 0 Å². The molecule has 0 heterocycles. The van der Waals surface area contributed by atoms with Crippen molar-refractivity contribution in [2.75, 3.05) is 6.61 Å². The normalized spacial score (nSPS) is 33.6. The molecule has 1 aromatic rings. The van der Waals surface area contributed by atoms with Crippen LogP contribution in [0.2, 0.25) is 0 Å². The van der Waals surface area contributed by atoms with Crippen LogP contribution in [0.3, 0.4) is 0 Å². The van der Waals surface area contributed by atoms with Gasteiger partial charge in [-0.1, -0.05) is 43.2 Å². The van der Waals surface area contributed by atoms with Crippen molar-refractivity contribution >= 4 is 5.97 Å². The first-order valence-corrected chi connectivity index (χ1v) is 7.04. The summed E-state index contributed by atoms with van der Waals surface area (Å²) in [4.78, 5) is 12.5. The predicted molar refractivity (Wildman–Crippen MR) is 70.2 cm³/mol. The summed E-state index contributed by atoms with van der Waals surface area (Å²) < 4.78 is 5.38. The largest absolute Gasteiger partial charge is 0.465 e. The average molecular weight is 244 g/mol. The minimum absolute atomic E-state index is 0.00750. The fourth-order valence-corrected chi connectivity index (χ4v) is 3.94. The summed E-state index contributed by atoms with van der Waals surface area (Å²) in [5.41, 5.74) is 0.855. The molecule has 3 rings (SSSR count). The zero-order chi connectivity index (χ0) is 12.6. The molecule has 2 nitrogen and oxygen atoms in total. The first kappa shape index (κ1) is 11.8. The molecular formula is C16H20O2. The zero-order valence-electron chi connectivity index (χ0n) is 10.9. The topological polar surface area (TPSA) is 26.3 Å². The third-order valence-corrected chi connectivity index (χ3v) is 4.69. The molecule has 0 spiro atoms. The molecule has 2 saturated carbocycles. The Morgan fingerprint density at radius 2 is 1.83 bits per heavy atom. The molecule has 0 saturated heterocycles. The number of rotatable bonds is 3. The molecule has 2 heteroatoms. The van der Waals surface area contributed by atoms with E-state index >= 15 is 0 Å². The van der Waals surface area contributed by atoms with E-state index in [-0.39, 0.29) is 11.4 Å². The molecule has 0 bridgehead atoms. The van der Waals surface area contributed by atoms with E-state index in [2.05, 4.69) is 12.1 Å². The maximum atomic E-state index is 12.5. The van der Waals surface area contributed by atoms with E-state index < -0.39 is 0 Å². The Balaban J connectivity index is 1.98. The summed E-state index contributed by atoms with van der Waals surface area (Å²) in [5.74, 6) is 1.05. The fourth-order valence-electron chi connectivity index (χ4n) is 3.94. The van der Waals surface area contributed by atoms with Gasteiger partial charge in [-0.15, -0.1) is 0 Å². The standard InChI is InChI=1S/C16H20O2/c1-2-18-15(17)16(12-8-4-3-5-9-12)13-10-6-7-11-14(13)16/h3-5,8-9,13-14H,2,6-7,10-11H2,1H3/t13-,14?,16?/m1/s1. The highest BCUT2D eigenvalue weighted by atomic mass is 16.5. The van der Waals surface area contributed by atoms with Gasteiger partial charge in [0.15, 0.2) is 0 Å². The van der Waals surface area contributed by atoms with Crippen molar-refractivity contribution in [1.82, 2.24) is 0 Å². The SMILES string of the molecule is CCOC(=O)C1(c2ccccc2)C2CCCC[C@H]21. The van der Waals surface area contributed by atoms with Gasteiger partial charge < -0.3 is 4.74 Å². The Morgan fingerprint density at radius 3 is 2.39 bits per heavy atom. The summed E-state index contributed by atoms with van der Waals surface area (Å²) >= 11 is 0. The smallest absolute Gasteiger partial charge is 0.317 e. The molecule has 0 aromatic heterocycles. The minimum Gasteiger partial charge on any atom is -0.465 e. The quantitative estimate of drug-likeness (QED) is 0.762.